The first-order chi connectivity index (χ1) is 7.22. The minimum Gasteiger partial charge on any atom is -0.492 e. The molecule has 0 atom stereocenters. The number of rotatable bonds is 3. The maximum Gasteiger partial charge on any atom is 0.326 e. The van der Waals surface area contributed by atoms with Crippen molar-refractivity contribution in [3.63, 3.8) is 0 Å². The van der Waals surface area contributed by atoms with Gasteiger partial charge in [0.2, 0.25) is 0 Å². The van der Waals surface area contributed by atoms with E-state index in [0.29, 0.717) is 13.2 Å². The summed E-state index contributed by atoms with van der Waals surface area (Å²) in [5.41, 5.74) is 6.84. The number of aromatic nitrogens is 2. The van der Waals surface area contributed by atoms with Crippen LogP contribution in [-0.4, -0.2) is 22.7 Å². The molecular formula is C10H13N3O2. The molecule has 0 saturated heterocycles. The maximum absolute atomic E-state index is 11.3. The van der Waals surface area contributed by atoms with Crippen molar-refractivity contribution in [1.29, 1.82) is 0 Å². The van der Waals surface area contributed by atoms with Crippen LogP contribution >= 0.6 is 0 Å². The van der Waals surface area contributed by atoms with E-state index in [2.05, 4.69) is 4.98 Å². The van der Waals surface area contributed by atoms with Crippen molar-refractivity contribution in [2.75, 3.05) is 13.2 Å². The van der Waals surface area contributed by atoms with Gasteiger partial charge < -0.3 is 15.5 Å². The molecule has 15 heavy (non-hydrogen) atoms. The average molecular weight is 207 g/mol. The second-order valence-corrected chi connectivity index (χ2v) is 3.31. The lowest BCUT2D eigenvalue weighted by Crippen LogP contribution is -2.11. The minimum atomic E-state index is -0.124. The van der Waals surface area contributed by atoms with Gasteiger partial charge in [0.25, 0.3) is 0 Å². The highest BCUT2D eigenvalue weighted by Crippen LogP contribution is 2.17. The molecule has 0 spiro atoms. The van der Waals surface area contributed by atoms with Gasteiger partial charge in [-0.25, -0.2) is 4.79 Å². The molecule has 1 aromatic carbocycles. The minimum absolute atomic E-state index is 0.124. The van der Waals surface area contributed by atoms with Crippen molar-refractivity contribution >= 4 is 11.0 Å². The van der Waals surface area contributed by atoms with Crippen LogP contribution in [-0.2, 0) is 7.05 Å². The van der Waals surface area contributed by atoms with E-state index in [9.17, 15) is 4.79 Å². The number of nitrogens with two attached hydrogens (primary N) is 1. The van der Waals surface area contributed by atoms with Crippen molar-refractivity contribution in [3.8, 4) is 5.75 Å². The van der Waals surface area contributed by atoms with Crippen LogP contribution in [0.25, 0.3) is 11.0 Å². The van der Waals surface area contributed by atoms with Crippen molar-refractivity contribution in [1.82, 2.24) is 9.55 Å². The van der Waals surface area contributed by atoms with Gasteiger partial charge >= 0.3 is 5.69 Å². The molecule has 0 saturated carbocycles. The molecule has 0 aliphatic rings. The van der Waals surface area contributed by atoms with Gasteiger partial charge in [0.15, 0.2) is 0 Å². The lowest BCUT2D eigenvalue weighted by Gasteiger charge is -2.03. The molecule has 0 unspecified atom stereocenters. The second-order valence-electron chi connectivity index (χ2n) is 3.31. The lowest BCUT2D eigenvalue weighted by atomic mass is 10.3. The summed E-state index contributed by atoms with van der Waals surface area (Å²) in [4.78, 5) is 14.1. The smallest absolute Gasteiger partial charge is 0.326 e. The second kappa shape index (κ2) is 3.78. The largest absolute Gasteiger partial charge is 0.492 e. The summed E-state index contributed by atoms with van der Waals surface area (Å²) in [5.74, 6) is 0.717. The predicted octanol–water partition coefficient (Wildman–Crippen LogP) is 0.204. The number of hydrogen-bond acceptors (Lipinski definition) is 3. The summed E-state index contributed by atoms with van der Waals surface area (Å²) in [5, 5.41) is 0. The van der Waals surface area contributed by atoms with E-state index < -0.39 is 0 Å². The third kappa shape index (κ3) is 1.73. The molecule has 0 bridgehead atoms. The first kappa shape index (κ1) is 9.79. The van der Waals surface area contributed by atoms with Crippen LogP contribution in [0, 0.1) is 0 Å². The van der Waals surface area contributed by atoms with Crippen molar-refractivity contribution in [2.45, 2.75) is 0 Å². The fourth-order valence-corrected chi connectivity index (χ4v) is 1.48. The number of nitrogens with one attached hydrogen (secondary N) is 1. The molecule has 0 amide bonds. The number of H-pyrrole nitrogens is 1. The summed E-state index contributed by atoms with van der Waals surface area (Å²) in [6, 6.07) is 5.47. The number of hydrogen-bond donors (Lipinski definition) is 2. The molecule has 1 heterocycles. The lowest BCUT2D eigenvalue weighted by molar-refractivity contribution is 0.328. The number of nitrogens with zero attached hydrogens (tertiary/aromatic N) is 1. The summed E-state index contributed by atoms with van der Waals surface area (Å²) >= 11 is 0. The number of benzene rings is 1. The molecule has 3 N–H and O–H groups in total. The number of ether oxygens (including phenoxy) is 1. The van der Waals surface area contributed by atoms with Crippen molar-refractivity contribution < 1.29 is 4.74 Å². The third-order valence-electron chi connectivity index (χ3n) is 2.26. The molecule has 1 aromatic heterocycles. The van der Waals surface area contributed by atoms with E-state index in [4.69, 9.17) is 10.5 Å². The van der Waals surface area contributed by atoms with E-state index in [1.165, 1.54) is 0 Å². The molecule has 0 aliphatic heterocycles. The van der Waals surface area contributed by atoms with E-state index in [-0.39, 0.29) is 5.69 Å². The summed E-state index contributed by atoms with van der Waals surface area (Å²) in [6.45, 7) is 0.950. The molecule has 5 nitrogen and oxygen atoms in total. The third-order valence-corrected chi connectivity index (χ3v) is 2.26. The van der Waals surface area contributed by atoms with Gasteiger partial charge in [-0.05, 0) is 12.1 Å². The number of aryl methyl sites for hydroxylation is 1. The summed E-state index contributed by atoms with van der Waals surface area (Å²) in [7, 11) is 1.72. The molecule has 0 aliphatic carbocycles. The van der Waals surface area contributed by atoms with Gasteiger partial charge in [0.05, 0.1) is 11.0 Å². The maximum atomic E-state index is 11.3. The molecule has 5 heteroatoms. The monoisotopic (exact) mass is 207 g/mol. The zero-order valence-electron chi connectivity index (χ0n) is 8.49. The van der Waals surface area contributed by atoms with Gasteiger partial charge in [-0.3, -0.25) is 4.57 Å². The Labute approximate surface area is 86.5 Å². The Morgan fingerprint density at radius 3 is 3.07 bits per heavy atom. The fraction of sp³-hybridized carbons (Fsp3) is 0.300. The molecule has 2 aromatic rings. The first-order valence-electron chi connectivity index (χ1n) is 4.74. The number of imidazole rings is 1. The average Bonchev–Trinajstić information content (AvgIpc) is 2.52. The Hall–Kier alpha value is -1.75. The topological polar surface area (TPSA) is 73.0 Å². The van der Waals surface area contributed by atoms with Crippen molar-refractivity contribution in [2.24, 2.45) is 12.8 Å². The molecular weight excluding hydrogens is 194 g/mol. The standard InChI is InChI=1S/C10H13N3O2/c1-13-9-3-2-7(15-5-4-11)6-8(9)12-10(13)14/h2-3,6H,4-5,11H2,1H3,(H,12,14). The SMILES string of the molecule is Cn1c(=O)[nH]c2cc(OCCN)ccc21. The Balaban J connectivity index is 2.43. The van der Waals surface area contributed by atoms with Crippen LogP contribution in [0.3, 0.4) is 0 Å². The molecule has 2 rings (SSSR count). The first-order valence-corrected chi connectivity index (χ1v) is 4.74. The fourth-order valence-electron chi connectivity index (χ4n) is 1.48. The van der Waals surface area contributed by atoms with Gasteiger partial charge in [-0.15, -0.1) is 0 Å². The Kier molecular flexibility index (Phi) is 2.47. The van der Waals surface area contributed by atoms with E-state index in [1.54, 1.807) is 17.7 Å². The van der Waals surface area contributed by atoms with E-state index in [1.807, 2.05) is 12.1 Å². The molecule has 80 valence electrons. The Morgan fingerprint density at radius 2 is 2.33 bits per heavy atom. The zero-order valence-corrected chi connectivity index (χ0v) is 8.49. The number of fused-ring (bicyclic) bond motifs is 1. The van der Waals surface area contributed by atoms with Gasteiger partial charge in [0, 0.05) is 19.7 Å². The summed E-state index contributed by atoms with van der Waals surface area (Å²) in [6.07, 6.45) is 0. The van der Waals surface area contributed by atoms with Crippen LogP contribution in [0.5, 0.6) is 5.75 Å². The quantitative estimate of drug-likeness (QED) is 0.755. The van der Waals surface area contributed by atoms with Crippen LogP contribution < -0.4 is 16.2 Å². The van der Waals surface area contributed by atoms with Crippen LogP contribution in [0.15, 0.2) is 23.0 Å². The predicted molar refractivity (Wildman–Crippen MR) is 58.1 cm³/mol. The normalized spacial score (nSPS) is 10.8. The van der Waals surface area contributed by atoms with Gasteiger partial charge in [-0.1, -0.05) is 0 Å². The summed E-state index contributed by atoms with van der Waals surface area (Å²) < 4.78 is 6.91. The van der Waals surface area contributed by atoms with Crippen LogP contribution in [0.1, 0.15) is 0 Å². The highest BCUT2D eigenvalue weighted by atomic mass is 16.5. The van der Waals surface area contributed by atoms with E-state index >= 15 is 0 Å². The molecule has 0 radical (unpaired) electrons. The Morgan fingerprint density at radius 1 is 1.53 bits per heavy atom. The highest BCUT2D eigenvalue weighted by molar-refractivity contribution is 5.76. The number of aromatic amines is 1. The van der Waals surface area contributed by atoms with Crippen molar-refractivity contribution in [3.05, 3.63) is 28.7 Å². The van der Waals surface area contributed by atoms with Gasteiger partial charge in [-0.2, -0.15) is 0 Å². The van der Waals surface area contributed by atoms with E-state index in [0.717, 1.165) is 16.8 Å². The van der Waals surface area contributed by atoms with Gasteiger partial charge in [0.1, 0.15) is 12.4 Å². The zero-order chi connectivity index (χ0) is 10.8. The van der Waals surface area contributed by atoms with Crippen LogP contribution in [0.2, 0.25) is 0 Å². The molecule has 0 fully saturated rings. The highest BCUT2D eigenvalue weighted by Gasteiger charge is 2.03. The Bertz CT molecular complexity index is 527. The van der Waals surface area contributed by atoms with Crippen LogP contribution in [0.4, 0.5) is 0 Å².